The topological polar surface area (TPSA) is 55.4 Å². The van der Waals surface area contributed by atoms with Crippen LogP contribution in [0.2, 0.25) is 0 Å². The Morgan fingerprint density at radius 3 is 2.32 bits per heavy atom. The Kier molecular flexibility index (Phi) is 6.35. The zero-order chi connectivity index (χ0) is 16.9. The summed E-state index contributed by atoms with van der Waals surface area (Å²) in [5.41, 5.74) is 1.01. The number of hydrogen-bond acceptors (Lipinski definition) is 3. The number of carbonyl (C=O) groups is 2. The van der Waals surface area contributed by atoms with E-state index in [1.165, 1.54) is 6.08 Å². The van der Waals surface area contributed by atoms with Gasteiger partial charge in [-0.3, -0.25) is 4.79 Å². The summed E-state index contributed by atoms with van der Waals surface area (Å²) < 4.78 is 6.10. The molecule has 1 rings (SSSR count). The van der Waals surface area contributed by atoms with E-state index in [0.717, 1.165) is 5.57 Å². The predicted molar refractivity (Wildman–Crippen MR) is 90.3 cm³/mol. The second-order valence-electron chi connectivity index (χ2n) is 6.30. The first-order chi connectivity index (χ1) is 10.1. The molecule has 1 unspecified atom stereocenters. The van der Waals surface area contributed by atoms with Crippen LogP contribution in [-0.2, 0) is 14.3 Å². The fourth-order valence-corrected chi connectivity index (χ4v) is 2.26. The van der Waals surface area contributed by atoms with E-state index in [0.29, 0.717) is 10.0 Å². The summed E-state index contributed by atoms with van der Waals surface area (Å²) in [6.45, 7) is 9.22. The van der Waals surface area contributed by atoms with Gasteiger partial charge < -0.3 is 10.1 Å². The molecule has 1 amide bonds. The van der Waals surface area contributed by atoms with Gasteiger partial charge in [-0.15, -0.1) is 0 Å². The van der Waals surface area contributed by atoms with Gasteiger partial charge in [-0.05, 0) is 40.7 Å². The number of halogens is 1. The Bertz CT molecular complexity index is 584. The number of allylic oxidation sites excluding steroid dienone is 1. The van der Waals surface area contributed by atoms with E-state index in [-0.39, 0.29) is 5.91 Å². The lowest BCUT2D eigenvalue weighted by Crippen LogP contribution is -2.44. The van der Waals surface area contributed by atoms with Crippen molar-refractivity contribution < 1.29 is 14.3 Å². The van der Waals surface area contributed by atoms with Gasteiger partial charge in [-0.1, -0.05) is 39.7 Å². The zero-order valence-electron chi connectivity index (χ0n) is 13.6. The van der Waals surface area contributed by atoms with Crippen molar-refractivity contribution in [2.75, 3.05) is 0 Å². The highest BCUT2D eigenvalue weighted by Gasteiger charge is 2.28. The molecule has 5 heteroatoms. The van der Waals surface area contributed by atoms with E-state index in [9.17, 15) is 9.59 Å². The van der Waals surface area contributed by atoms with Gasteiger partial charge in [0.1, 0.15) is 0 Å². The number of benzene rings is 1. The summed E-state index contributed by atoms with van der Waals surface area (Å²) in [4.78, 5) is 24.4. The number of esters is 1. The molecule has 0 aliphatic carbocycles. The quantitative estimate of drug-likeness (QED) is 0.648. The van der Waals surface area contributed by atoms with E-state index in [1.807, 2.05) is 26.8 Å². The van der Waals surface area contributed by atoms with E-state index in [1.54, 1.807) is 32.0 Å². The largest absolute Gasteiger partial charge is 0.444 e. The molecule has 0 saturated heterocycles. The summed E-state index contributed by atoms with van der Waals surface area (Å²) in [5, 5.41) is 2.85. The van der Waals surface area contributed by atoms with Crippen LogP contribution >= 0.6 is 15.9 Å². The Labute approximate surface area is 140 Å². The molecule has 0 saturated carbocycles. The molecule has 22 heavy (non-hydrogen) atoms. The highest BCUT2D eigenvalue weighted by molar-refractivity contribution is 9.10. The molecule has 1 atom stereocenters. The smallest absolute Gasteiger partial charge is 0.331 e. The summed E-state index contributed by atoms with van der Waals surface area (Å²) in [5.74, 6) is -0.889. The second-order valence-corrected chi connectivity index (χ2v) is 7.15. The molecular weight excluding hydrogens is 346 g/mol. The SMILES string of the molecule is CC(C)=CC(=O)OC(C(=O)NC(C)(C)C)c1ccccc1Br. The maximum absolute atomic E-state index is 12.5. The zero-order valence-corrected chi connectivity index (χ0v) is 15.2. The first-order valence-electron chi connectivity index (χ1n) is 7.02. The van der Waals surface area contributed by atoms with Gasteiger partial charge in [0.05, 0.1) is 0 Å². The second kappa shape index (κ2) is 7.58. The van der Waals surface area contributed by atoms with Crippen LogP contribution in [0.3, 0.4) is 0 Å². The molecule has 1 N–H and O–H groups in total. The van der Waals surface area contributed by atoms with Crippen LogP contribution in [0.4, 0.5) is 0 Å². The van der Waals surface area contributed by atoms with E-state index in [4.69, 9.17) is 4.74 Å². The van der Waals surface area contributed by atoms with Crippen molar-refractivity contribution in [1.82, 2.24) is 5.32 Å². The molecule has 0 aliphatic heterocycles. The van der Waals surface area contributed by atoms with Crippen LogP contribution < -0.4 is 5.32 Å². The van der Waals surface area contributed by atoms with Crippen molar-refractivity contribution in [2.24, 2.45) is 0 Å². The highest BCUT2D eigenvalue weighted by atomic mass is 79.9. The maximum atomic E-state index is 12.5. The molecular formula is C17H22BrNO3. The molecule has 1 aromatic carbocycles. The molecule has 0 radical (unpaired) electrons. The number of carbonyl (C=O) groups excluding carboxylic acids is 2. The third-order valence-electron chi connectivity index (χ3n) is 2.56. The molecule has 4 nitrogen and oxygen atoms in total. The van der Waals surface area contributed by atoms with Gasteiger partial charge in [0, 0.05) is 21.7 Å². The number of ether oxygens (including phenoxy) is 1. The Balaban J connectivity index is 3.11. The van der Waals surface area contributed by atoms with E-state index in [2.05, 4.69) is 21.2 Å². The number of rotatable bonds is 4. The summed E-state index contributed by atoms with van der Waals surface area (Å²) in [6.07, 6.45) is 0.367. The van der Waals surface area contributed by atoms with Crippen molar-refractivity contribution in [3.05, 3.63) is 46.0 Å². The van der Waals surface area contributed by atoms with Crippen LogP contribution in [0.1, 0.15) is 46.3 Å². The van der Waals surface area contributed by atoms with Gasteiger partial charge in [0.15, 0.2) is 0 Å². The van der Waals surface area contributed by atoms with Crippen LogP contribution in [0.5, 0.6) is 0 Å². The highest BCUT2D eigenvalue weighted by Crippen LogP contribution is 2.27. The van der Waals surface area contributed by atoms with Crippen LogP contribution in [0, 0.1) is 0 Å². The average Bonchev–Trinajstić information content (AvgIpc) is 2.34. The van der Waals surface area contributed by atoms with Gasteiger partial charge in [-0.25, -0.2) is 4.79 Å². The van der Waals surface area contributed by atoms with Gasteiger partial charge in [0.25, 0.3) is 5.91 Å². The van der Waals surface area contributed by atoms with Crippen molar-refractivity contribution >= 4 is 27.8 Å². The molecule has 0 spiro atoms. The maximum Gasteiger partial charge on any atom is 0.331 e. The van der Waals surface area contributed by atoms with Crippen molar-refractivity contribution in [1.29, 1.82) is 0 Å². The Hall–Kier alpha value is -1.62. The molecule has 1 aromatic rings. The normalized spacial score (nSPS) is 12.3. The average molecular weight is 368 g/mol. The number of nitrogens with one attached hydrogen (secondary N) is 1. The van der Waals surface area contributed by atoms with Crippen molar-refractivity contribution in [2.45, 2.75) is 46.3 Å². The van der Waals surface area contributed by atoms with Crippen LogP contribution in [-0.4, -0.2) is 17.4 Å². The lowest BCUT2D eigenvalue weighted by atomic mass is 10.1. The number of amides is 1. The molecule has 0 bridgehead atoms. The minimum atomic E-state index is -1.00. The molecule has 0 heterocycles. The van der Waals surface area contributed by atoms with E-state index < -0.39 is 17.6 Å². The number of hydrogen-bond donors (Lipinski definition) is 1. The van der Waals surface area contributed by atoms with Crippen LogP contribution in [0.15, 0.2) is 40.4 Å². The fourth-order valence-electron chi connectivity index (χ4n) is 1.77. The summed E-state index contributed by atoms with van der Waals surface area (Å²) >= 11 is 3.40. The standard InChI is InChI=1S/C17H22BrNO3/c1-11(2)10-14(20)22-15(16(21)19-17(3,4)5)12-8-6-7-9-13(12)18/h6-10,15H,1-5H3,(H,19,21). The molecule has 0 aliphatic rings. The van der Waals surface area contributed by atoms with Crippen molar-refractivity contribution in [3.63, 3.8) is 0 Å². The third-order valence-corrected chi connectivity index (χ3v) is 3.29. The lowest BCUT2D eigenvalue weighted by molar-refractivity contribution is -0.152. The minimum Gasteiger partial charge on any atom is -0.444 e. The minimum absolute atomic E-state index is 0.352. The molecule has 120 valence electrons. The van der Waals surface area contributed by atoms with Gasteiger partial charge >= 0.3 is 5.97 Å². The first-order valence-corrected chi connectivity index (χ1v) is 7.81. The van der Waals surface area contributed by atoms with Crippen LogP contribution in [0.25, 0.3) is 0 Å². The predicted octanol–water partition coefficient (Wildman–Crippen LogP) is 3.91. The van der Waals surface area contributed by atoms with E-state index >= 15 is 0 Å². The van der Waals surface area contributed by atoms with Crippen molar-refractivity contribution in [3.8, 4) is 0 Å². The lowest BCUT2D eigenvalue weighted by Gasteiger charge is -2.25. The Morgan fingerprint density at radius 2 is 1.82 bits per heavy atom. The molecule has 0 fully saturated rings. The first kappa shape index (κ1) is 18.4. The fraction of sp³-hybridized carbons (Fsp3) is 0.412. The third kappa shape index (κ3) is 6.02. The van der Waals surface area contributed by atoms with Gasteiger partial charge in [0.2, 0.25) is 6.10 Å². The summed E-state index contributed by atoms with van der Waals surface area (Å²) in [6, 6.07) is 7.20. The van der Waals surface area contributed by atoms with Gasteiger partial charge in [-0.2, -0.15) is 0 Å². The summed E-state index contributed by atoms with van der Waals surface area (Å²) in [7, 11) is 0. The monoisotopic (exact) mass is 367 g/mol. The molecule has 0 aromatic heterocycles. The Morgan fingerprint density at radius 1 is 1.23 bits per heavy atom.